The standard InChI is InChI=1S/C6H5NO3.C3H6O2/c8-6-3-1-5(2-4-6)7(9)10;1-2-3(4)5/h1-4,8H;2H2,1H3,(H,4,5). The summed E-state index contributed by atoms with van der Waals surface area (Å²) in [6.45, 7) is 1.60. The zero-order chi connectivity index (χ0) is 11.8. The van der Waals surface area contributed by atoms with Crippen LogP contribution in [0, 0.1) is 10.1 Å². The van der Waals surface area contributed by atoms with Crippen LogP contribution >= 0.6 is 0 Å². The zero-order valence-electron chi connectivity index (χ0n) is 8.08. The molecule has 1 aromatic carbocycles. The van der Waals surface area contributed by atoms with Crippen molar-refractivity contribution < 1.29 is 19.9 Å². The lowest BCUT2D eigenvalue weighted by Crippen LogP contribution is -1.86. The summed E-state index contributed by atoms with van der Waals surface area (Å²) in [5.74, 6) is -0.712. The highest BCUT2D eigenvalue weighted by atomic mass is 16.6. The Morgan fingerprint density at radius 2 is 1.80 bits per heavy atom. The molecule has 6 heteroatoms. The Balaban J connectivity index is 0.000000336. The van der Waals surface area contributed by atoms with Crippen molar-refractivity contribution in [3.05, 3.63) is 34.4 Å². The molecule has 0 amide bonds. The van der Waals surface area contributed by atoms with Crippen LogP contribution in [0.5, 0.6) is 5.75 Å². The second-order valence-electron chi connectivity index (χ2n) is 2.52. The van der Waals surface area contributed by atoms with Crippen molar-refractivity contribution in [2.45, 2.75) is 13.3 Å². The molecule has 6 nitrogen and oxygen atoms in total. The summed E-state index contributed by atoms with van der Waals surface area (Å²) in [6.07, 6.45) is 0.222. The van der Waals surface area contributed by atoms with E-state index in [1.165, 1.54) is 24.3 Å². The van der Waals surface area contributed by atoms with Gasteiger partial charge >= 0.3 is 5.97 Å². The average molecular weight is 213 g/mol. The fourth-order valence-electron chi connectivity index (χ4n) is 0.574. The van der Waals surface area contributed by atoms with Gasteiger partial charge in [0.2, 0.25) is 0 Å². The maximum Gasteiger partial charge on any atom is 0.303 e. The summed E-state index contributed by atoms with van der Waals surface area (Å²) >= 11 is 0. The molecule has 1 rings (SSSR count). The number of aliphatic carboxylic acids is 1. The summed E-state index contributed by atoms with van der Waals surface area (Å²) in [5, 5.41) is 26.5. The largest absolute Gasteiger partial charge is 0.508 e. The Morgan fingerprint density at radius 3 is 2.07 bits per heavy atom. The molecule has 0 aliphatic rings. The molecule has 1 aromatic rings. The van der Waals surface area contributed by atoms with E-state index in [0.717, 1.165) is 0 Å². The van der Waals surface area contributed by atoms with Crippen molar-refractivity contribution >= 4 is 11.7 Å². The second-order valence-corrected chi connectivity index (χ2v) is 2.52. The van der Waals surface area contributed by atoms with Crippen molar-refractivity contribution in [1.29, 1.82) is 0 Å². The minimum absolute atomic E-state index is 0.0159. The second kappa shape index (κ2) is 6.36. The highest BCUT2D eigenvalue weighted by molar-refractivity contribution is 5.66. The number of carbonyl (C=O) groups is 1. The van der Waals surface area contributed by atoms with Gasteiger partial charge in [-0.2, -0.15) is 0 Å². The van der Waals surface area contributed by atoms with Gasteiger partial charge in [-0.3, -0.25) is 14.9 Å². The topological polar surface area (TPSA) is 101 Å². The SMILES string of the molecule is CCC(=O)O.O=[N+]([O-])c1ccc(O)cc1. The van der Waals surface area contributed by atoms with Crippen LogP contribution in [-0.2, 0) is 4.79 Å². The predicted molar refractivity (Wildman–Crippen MR) is 52.7 cm³/mol. The molecule has 0 saturated heterocycles. The highest BCUT2D eigenvalue weighted by Gasteiger charge is 2.01. The molecule has 0 saturated carbocycles. The van der Waals surface area contributed by atoms with E-state index >= 15 is 0 Å². The molecule has 0 aliphatic carbocycles. The third-order valence-corrected chi connectivity index (χ3v) is 1.36. The Morgan fingerprint density at radius 1 is 1.40 bits per heavy atom. The maximum absolute atomic E-state index is 10.0. The minimum atomic E-state index is -0.745. The van der Waals surface area contributed by atoms with Gasteiger partial charge in [0.25, 0.3) is 5.69 Å². The summed E-state index contributed by atoms with van der Waals surface area (Å²) < 4.78 is 0. The molecule has 2 N–H and O–H groups in total. The lowest BCUT2D eigenvalue weighted by Gasteiger charge is -1.89. The maximum atomic E-state index is 10.0. The van der Waals surface area contributed by atoms with E-state index in [-0.39, 0.29) is 17.9 Å². The molecule has 0 unspecified atom stereocenters. The molecule has 0 spiro atoms. The third kappa shape index (κ3) is 6.03. The average Bonchev–Trinajstić information content (AvgIpc) is 2.19. The number of phenols is 1. The fraction of sp³-hybridized carbons (Fsp3) is 0.222. The van der Waals surface area contributed by atoms with Crippen LogP contribution in [0.4, 0.5) is 5.69 Å². The number of carboxylic acids is 1. The van der Waals surface area contributed by atoms with Crippen molar-refractivity contribution in [2.24, 2.45) is 0 Å². The van der Waals surface area contributed by atoms with Crippen LogP contribution < -0.4 is 0 Å². The molecule has 82 valence electrons. The van der Waals surface area contributed by atoms with Gasteiger partial charge in [0.05, 0.1) is 4.92 Å². The van der Waals surface area contributed by atoms with Gasteiger partial charge in [0.1, 0.15) is 5.75 Å². The van der Waals surface area contributed by atoms with Gasteiger partial charge < -0.3 is 10.2 Å². The van der Waals surface area contributed by atoms with Gasteiger partial charge in [-0.25, -0.2) is 0 Å². The van der Waals surface area contributed by atoms with Crippen LogP contribution in [0.25, 0.3) is 0 Å². The quantitative estimate of drug-likeness (QED) is 0.576. The molecule has 0 fully saturated rings. The number of hydrogen-bond donors (Lipinski definition) is 2. The first-order valence-corrected chi connectivity index (χ1v) is 4.12. The Kier molecular flexibility index (Phi) is 5.47. The smallest absolute Gasteiger partial charge is 0.303 e. The number of phenolic OH excluding ortho intramolecular Hbond substituents is 1. The van der Waals surface area contributed by atoms with Crippen LogP contribution in [-0.4, -0.2) is 21.1 Å². The monoisotopic (exact) mass is 213 g/mol. The molecule has 15 heavy (non-hydrogen) atoms. The number of nitro groups is 1. The predicted octanol–water partition coefficient (Wildman–Crippen LogP) is 1.78. The van der Waals surface area contributed by atoms with Gasteiger partial charge in [0.15, 0.2) is 0 Å². The number of rotatable bonds is 2. The summed E-state index contributed by atoms with van der Waals surface area (Å²) in [5.41, 5.74) is -0.0159. The molecule has 0 radical (unpaired) electrons. The van der Waals surface area contributed by atoms with E-state index < -0.39 is 10.9 Å². The van der Waals surface area contributed by atoms with E-state index in [4.69, 9.17) is 10.2 Å². The van der Waals surface area contributed by atoms with E-state index in [1.54, 1.807) is 6.92 Å². The van der Waals surface area contributed by atoms with E-state index in [2.05, 4.69) is 0 Å². The van der Waals surface area contributed by atoms with Gasteiger partial charge in [-0.15, -0.1) is 0 Å². The van der Waals surface area contributed by atoms with Crippen molar-refractivity contribution in [3.63, 3.8) is 0 Å². The first kappa shape index (κ1) is 12.9. The Bertz CT molecular complexity index is 333. The summed E-state index contributed by atoms with van der Waals surface area (Å²) in [6, 6.07) is 5.04. The lowest BCUT2D eigenvalue weighted by molar-refractivity contribution is -0.384. The van der Waals surface area contributed by atoms with E-state index in [9.17, 15) is 14.9 Å². The van der Waals surface area contributed by atoms with Crippen molar-refractivity contribution in [2.75, 3.05) is 0 Å². The normalized spacial score (nSPS) is 8.60. The van der Waals surface area contributed by atoms with Crippen LogP contribution in [0.15, 0.2) is 24.3 Å². The fourth-order valence-corrected chi connectivity index (χ4v) is 0.574. The van der Waals surface area contributed by atoms with Gasteiger partial charge in [-0.05, 0) is 12.1 Å². The molecular weight excluding hydrogens is 202 g/mol. The Labute approximate surface area is 85.9 Å². The van der Waals surface area contributed by atoms with Crippen LogP contribution in [0.2, 0.25) is 0 Å². The van der Waals surface area contributed by atoms with Crippen molar-refractivity contribution in [1.82, 2.24) is 0 Å². The van der Waals surface area contributed by atoms with Crippen LogP contribution in [0.1, 0.15) is 13.3 Å². The Hall–Kier alpha value is -2.11. The molecular formula is C9H11NO5. The number of nitrogens with zero attached hydrogens (tertiary/aromatic N) is 1. The lowest BCUT2D eigenvalue weighted by atomic mass is 10.3. The van der Waals surface area contributed by atoms with Gasteiger partial charge in [-0.1, -0.05) is 6.92 Å². The molecule has 0 atom stereocenters. The summed E-state index contributed by atoms with van der Waals surface area (Å²) in [7, 11) is 0. The zero-order valence-corrected chi connectivity index (χ0v) is 8.08. The summed E-state index contributed by atoms with van der Waals surface area (Å²) in [4.78, 5) is 18.9. The molecule has 0 heterocycles. The van der Waals surface area contributed by atoms with Crippen LogP contribution in [0.3, 0.4) is 0 Å². The third-order valence-electron chi connectivity index (χ3n) is 1.36. The minimum Gasteiger partial charge on any atom is -0.508 e. The molecule has 0 aromatic heterocycles. The van der Waals surface area contributed by atoms with Crippen molar-refractivity contribution in [3.8, 4) is 5.75 Å². The first-order chi connectivity index (χ1) is 6.97. The van der Waals surface area contributed by atoms with E-state index in [1.807, 2.05) is 0 Å². The molecule has 0 bridgehead atoms. The van der Waals surface area contributed by atoms with Gasteiger partial charge in [0, 0.05) is 18.6 Å². The first-order valence-electron chi connectivity index (χ1n) is 4.12. The number of aromatic hydroxyl groups is 1. The number of nitro benzene ring substituents is 1. The van der Waals surface area contributed by atoms with E-state index in [0.29, 0.717) is 0 Å². The molecule has 0 aliphatic heterocycles. The number of non-ortho nitro benzene ring substituents is 1. The number of benzene rings is 1. The number of carboxylic acid groups (broad SMARTS) is 1. The highest BCUT2D eigenvalue weighted by Crippen LogP contribution is 2.14. The number of hydrogen-bond acceptors (Lipinski definition) is 4.